The lowest BCUT2D eigenvalue weighted by Gasteiger charge is -2.23. The smallest absolute Gasteiger partial charge is 0.251 e. The number of benzene rings is 1. The van der Waals surface area contributed by atoms with Crippen LogP contribution in [0.15, 0.2) is 30.3 Å². The number of nitrogens with zero attached hydrogens (tertiary/aromatic N) is 1. The van der Waals surface area contributed by atoms with Crippen molar-refractivity contribution in [3.63, 3.8) is 0 Å². The summed E-state index contributed by atoms with van der Waals surface area (Å²) in [4.78, 5) is 1.62. The number of nitrogens with two attached hydrogens (primary N) is 1. The Bertz CT molecular complexity index is 290. The molecule has 1 atom stereocenters. The van der Waals surface area contributed by atoms with Gasteiger partial charge in [-0.2, -0.15) is 0 Å². The summed E-state index contributed by atoms with van der Waals surface area (Å²) in [5.74, 6) is 0.116. The van der Waals surface area contributed by atoms with Gasteiger partial charge in [0, 0.05) is 19.0 Å². The lowest BCUT2D eigenvalue weighted by atomic mass is 9.99. The Balaban J connectivity index is 2.56. The van der Waals surface area contributed by atoms with E-state index in [-0.39, 0.29) is 12.5 Å². The van der Waals surface area contributed by atoms with Crippen LogP contribution in [0, 0.1) is 0 Å². The van der Waals surface area contributed by atoms with E-state index in [1.807, 2.05) is 30.3 Å². The molecule has 0 radical (unpaired) electrons. The number of hydrogen-bond donors (Lipinski definition) is 1. The van der Waals surface area contributed by atoms with Crippen LogP contribution < -0.4 is 5.73 Å². The molecular formula is C12H18F2N2. The third-order valence-electron chi connectivity index (χ3n) is 2.54. The molecular weight excluding hydrogens is 210 g/mol. The second-order valence-electron chi connectivity index (χ2n) is 3.96. The molecule has 1 rings (SSSR count). The van der Waals surface area contributed by atoms with Crippen LogP contribution in [0.4, 0.5) is 8.78 Å². The molecule has 4 heteroatoms. The van der Waals surface area contributed by atoms with Crippen molar-refractivity contribution >= 4 is 0 Å². The maximum absolute atomic E-state index is 12.2. The predicted octanol–water partition coefficient (Wildman–Crippen LogP) is 1.93. The highest BCUT2D eigenvalue weighted by molar-refractivity contribution is 5.20. The van der Waals surface area contributed by atoms with E-state index >= 15 is 0 Å². The van der Waals surface area contributed by atoms with E-state index in [0.717, 1.165) is 5.56 Å². The molecule has 0 aliphatic carbocycles. The van der Waals surface area contributed by atoms with E-state index in [2.05, 4.69) is 0 Å². The third kappa shape index (κ3) is 4.24. The first kappa shape index (κ1) is 13.1. The molecule has 0 aliphatic rings. The van der Waals surface area contributed by atoms with E-state index in [1.165, 1.54) is 0 Å². The first-order chi connectivity index (χ1) is 7.63. The Morgan fingerprint density at radius 1 is 1.19 bits per heavy atom. The average Bonchev–Trinajstić information content (AvgIpc) is 2.26. The standard InChI is InChI=1S/C12H18F2N2/c1-16(9-12(13)14)8-11(7-15)10-5-3-2-4-6-10/h2-6,11-12H,7-9,15H2,1H3. The van der Waals surface area contributed by atoms with Crippen molar-refractivity contribution in [2.75, 3.05) is 26.7 Å². The van der Waals surface area contributed by atoms with Crippen LogP contribution in [0.3, 0.4) is 0 Å². The van der Waals surface area contributed by atoms with Crippen LogP contribution in [0.2, 0.25) is 0 Å². The molecule has 2 nitrogen and oxygen atoms in total. The van der Waals surface area contributed by atoms with Gasteiger partial charge in [-0.1, -0.05) is 30.3 Å². The Morgan fingerprint density at radius 3 is 2.31 bits per heavy atom. The second kappa shape index (κ2) is 6.55. The number of hydrogen-bond acceptors (Lipinski definition) is 2. The fourth-order valence-corrected chi connectivity index (χ4v) is 1.73. The molecule has 0 fully saturated rings. The topological polar surface area (TPSA) is 29.3 Å². The first-order valence-electron chi connectivity index (χ1n) is 5.35. The number of rotatable bonds is 6. The Morgan fingerprint density at radius 2 is 1.81 bits per heavy atom. The van der Waals surface area contributed by atoms with Crippen LogP contribution in [0.1, 0.15) is 11.5 Å². The summed E-state index contributed by atoms with van der Waals surface area (Å²) in [6, 6.07) is 9.76. The van der Waals surface area contributed by atoms with Crippen LogP contribution in [0.5, 0.6) is 0 Å². The van der Waals surface area contributed by atoms with Gasteiger partial charge in [0.25, 0.3) is 6.43 Å². The van der Waals surface area contributed by atoms with Crippen LogP contribution in [-0.2, 0) is 0 Å². The predicted molar refractivity (Wildman–Crippen MR) is 61.7 cm³/mol. The molecule has 0 bridgehead atoms. The SMILES string of the molecule is CN(CC(F)F)CC(CN)c1ccccc1. The summed E-state index contributed by atoms with van der Waals surface area (Å²) in [6.07, 6.45) is -2.29. The van der Waals surface area contributed by atoms with Crippen molar-refractivity contribution in [2.45, 2.75) is 12.3 Å². The van der Waals surface area contributed by atoms with Crippen molar-refractivity contribution in [3.05, 3.63) is 35.9 Å². The maximum atomic E-state index is 12.2. The fourth-order valence-electron chi connectivity index (χ4n) is 1.73. The molecule has 0 saturated carbocycles. The van der Waals surface area contributed by atoms with Gasteiger partial charge in [-0.25, -0.2) is 8.78 Å². The molecule has 2 N–H and O–H groups in total. The molecule has 0 aromatic heterocycles. The quantitative estimate of drug-likeness (QED) is 0.806. The normalized spacial score (nSPS) is 13.4. The molecule has 1 aromatic rings. The summed E-state index contributed by atoms with van der Waals surface area (Å²) in [6.45, 7) is 0.825. The van der Waals surface area contributed by atoms with E-state index in [4.69, 9.17) is 5.73 Å². The minimum Gasteiger partial charge on any atom is -0.330 e. The third-order valence-corrected chi connectivity index (χ3v) is 2.54. The largest absolute Gasteiger partial charge is 0.330 e. The molecule has 0 spiro atoms. The van der Waals surface area contributed by atoms with Gasteiger partial charge in [0.2, 0.25) is 0 Å². The lowest BCUT2D eigenvalue weighted by molar-refractivity contribution is 0.0979. The highest BCUT2D eigenvalue weighted by atomic mass is 19.3. The Hall–Kier alpha value is -1.00. The molecule has 1 unspecified atom stereocenters. The molecule has 0 saturated heterocycles. The van der Waals surface area contributed by atoms with Crippen molar-refractivity contribution < 1.29 is 8.78 Å². The zero-order valence-corrected chi connectivity index (χ0v) is 9.44. The second-order valence-corrected chi connectivity index (χ2v) is 3.96. The molecule has 1 aromatic carbocycles. The van der Waals surface area contributed by atoms with Gasteiger partial charge < -0.3 is 10.6 Å². The van der Waals surface area contributed by atoms with Crippen LogP contribution in [0.25, 0.3) is 0 Å². The molecule has 0 amide bonds. The number of halogens is 2. The van der Waals surface area contributed by atoms with Crippen molar-refractivity contribution in [1.29, 1.82) is 0 Å². The zero-order valence-electron chi connectivity index (χ0n) is 9.44. The lowest BCUT2D eigenvalue weighted by Crippen LogP contribution is -2.32. The van der Waals surface area contributed by atoms with Crippen molar-refractivity contribution in [2.24, 2.45) is 5.73 Å². The van der Waals surface area contributed by atoms with Gasteiger partial charge >= 0.3 is 0 Å². The van der Waals surface area contributed by atoms with Crippen LogP contribution >= 0.6 is 0 Å². The molecule has 0 aliphatic heterocycles. The van der Waals surface area contributed by atoms with Gasteiger partial charge in [0.1, 0.15) is 0 Å². The van der Waals surface area contributed by atoms with E-state index in [0.29, 0.717) is 13.1 Å². The fraction of sp³-hybridized carbons (Fsp3) is 0.500. The summed E-state index contributed by atoms with van der Waals surface area (Å²) in [5, 5.41) is 0. The monoisotopic (exact) mass is 228 g/mol. The highest BCUT2D eigenvalue weighted by Crippen LogP contribution is 2.15. The number of alkyl halides is 2. The van der Waals surface area contributed by atoms with Gasteiger partial charge in [0.05, 0.1) is 6.54 Å². The Labute approximate surface area is 95.1 Å². The summed E-state index contributed by atoms with van der Waals surface area (Å²) in [7, 11) is 1.69. The van der Waals surface area contributed by atoms with E-state index in [9.17, 15) is 8.78 Å². The van der Waals surface area contributed by atoms with Crippen molar-refractivity contribution in [3.8, 4) is 0 Å². The number of likely N-dealkylation sites (N-methyl/N-ethyl adjacent to an activating group) is 1. The molecule has 16 heavy (non-hydrogen) atoms. The summed E-state index contributed by atoms with van der Waals surface area (Å²) in [5.41, 5.74) is 6.77. The van der Waals surface area contributed by atoms with Gasteiger partial charge in [0.15, 0.2) is 0 Å². The first-order valence-corrected chi connectivity index (χ1v) is 5.35. The van der Waals surface area contributed by atoms with E-state index in [1.54, 1.807) is 11.9 Å². The average molecular weight is 228 g/mol. The maximum Gasteiger partial charge on any atom is 0.251 e. The summed E-state index contributed by atoms with van der Waals surface area (Å²) >= 11 is 0. The molecule has 90 valence electrons. The summed E-state index contributed by atoms with van der Waals surface area (Å²) < 4.78 is 24.3. The van der Waals surface area contributed by atoms with Gasteiger partial charge in [-0.3, -0.25) is 0 Å². The minimum absolute atomic E-state index is 0.116. The zero-order chi connectivity index (χ0) is 12.0. The highest BCUT2D eigenvalue weighted by Gasteiger charge is 2.14. The Kier molecular flexibility index (Phi) is 5.35. The molecule has 0 heterocycles. The van der Waals surface area contributed by atoms with Crippen LogP contribution in [-0.4, -0.2) is 38.0 Å². The van der Waals surface area contributed by atoms with Gasteiger partial charge in [-0.15, -0.1) is 0 Å². The van der Waals surface area contributed by atoms with Crippen molar-refractivity contribution in [1.82, 2.24) is 4.90 Å². The van der Waals surface area contributed by atoms with Gasteiger partial charge in [-0.05, 0) is 12.6 Å². The van der Waals surface area contributed by atoms with E-state index < -0.39 is 6.43 Å². The minimum atomic E-state index is -2.29.